The van der Waals surface area contributed by atoms with Gasteiger partial charge in [-0.25, -0.2) is 0 Å². The lowest BCUT2D eigenvalue weighted by molar-refractivity contribution is 0.194. The molecule has 5 heteroatoms. The molecule has 0 amide bonds. The van der Waals surface area contributed by atoms with Crippen molar-refractivity contribution in [1.29, 1.82) is 0 Å². The molecule has 4 nitrogen and oxygen atoms in total. The van der Waals surface area contributed by atoms with Crippen LogP contribution in [-0.4, -0.2) is 55.4 Å². The van der Waals surface area contributed by atoms with Crippen LogP contribution in [-0.2, 0) is 0 Å². The van der Waals surface area contributed by atoms with Gasteiger partial charge in [0.25, 0.3) is 0 Å². The Balaban J connectivity index is 1.87. The number of hydrogen-bond donors (Lipinski definition) is 2. The highest BCUT2D eigenvalue weighted by molar-refractivity contribution is 6.30. The first-order valence-electron chi connectivity index (χ1n) is 6.28. The molecule has 0 saturated carbocycles. The van der Waals surface area contributed by atoms with Crippen LogP contribution in [0.25, 0.3) is 0 Å². The second kappa shape index (κ2) is 6.38. The van der Waals surface area contributed by atoms with Crippen LogP contribution in [0, 0.1) is 0 Å². The van der Waals surface area contributed by atoms with Gasteiger partial charge in [0, 0.05) is 49.5 Å². The molecule has 1 atom stereocenters. The van der Waals surface area contributed by atoms with Gasteiger partial charge in [-0.15, -0.1) is 0 Å². The first-order chi connectivity index (χ1) is 8.69. The standard InChI is InChI=1S/C13H20ClN3O/c14-11-2-1-3-13(8-11)17-6-4-16(5-7-17)9-12(15)10-18/h1-3,8,12,18H,4-7,9-10,15H2. The number of rotatable bonds is 4. The fourth-order valence-corrected chi connectivity index (χ4v) is 2.44. The Hall–Kier alpha value is -0.810. The van der Waals surface area contributed by atoms with Crippen LogP contribution in [0.15, 0.2) is 24.3 Å². The van der Waals surface area contributed by atoms with E-state index in [4.69, 9.17) is 22.4 Å². The second-order valence-electron chi connectivity index (χ2n) is 4.71. The van der Waals surface area contributed by atoms with Gasteiger partial charge in [0.2, 0.25) is 0 Å². The Labute approximate surface area is 113 Å². The molecule has 1 saturated heterocycles. The largest absolute Gasteiger partial charge is 0.395 e. The summed E-state index contributed by atoms with van der Waals surface area (Å²) in [7, 11) is 0. The van der Waals surface area contributed by atoms with Crippen molar-refractivity contribution in [2.24, 2.45) is 5.73 Å². The molecule has 0 spiro atoms. The number of nitrogens with two attached hydrogens (primary N) is 1. The van der Waals surface area contributed by atoms with Crippen molar-refractivity contribution in [3.63, 3.8) is 0 Å². The van der Waals surface area contributed by atoms with E-state index in [1.165, 1.54) is 5.69 Å². The Bertz CT molecular complexity index is 380. The molecule has 100 valence electrons. The quantitative estimate of drug-likeness (QED) is 0.848. The molecule has 0 aliphatic carbocycles. The minimum atomic E-state index is -0.136. The molecule has 1 unspecified atom stereocenters. The van der Waals surface area contributed by atoms with Crippen molar-refractivity contribution < 1.29 is 5.11 Å². The number of aliphatic hydroxyl groups excluding tert-OH is 1. The van der Waals surface area contributed by atoms with Crippen molar-refractivity contribution in [1.82, 2.24) is 4.90 Å². The monoisotopic (exact) mass is 269 g/mol. The minimum absolute atomic E-state index is 0.0501. The van der Waals surface area contributed by atoms with Gasteiger partial charge in [-0.2, -0.15) is 0 Å². The number of anilines is 1. The van der Waals surface area contributed by atoms with E-state index in [0.29, 0.717) is 0 Å². The summed E-state index contributed by atoms with van der Waals surface area (Å²) in [5, 5.41) is 9.72. The topological polar surface area (TPSA) is 52.7 Å². The first-order valence-corrected chi connectivity index (χ1v) is 6.66. The molecule has 2 rings (SSSR count). The van der Waals surface area contributed by atoms with Gasteiger partial charge >= 0.3 is 0 Å². The Morgan fingerprint density at radius 1 is 1.28 bits per heavy atom. The lowest BCUT2D eigenvalue weighted by Crippen LogP contribution is -2.50. The lowest BCUT2D eigenvalue weighted by atomic mass is 10.2. The summed E-state index contributed by atoms with van der Waals surface area (Å²) in [5.41, 5.74) is 6.92. The van der Waals surface area contributed by atoms with E-state index in [9.17, 15) is 0 Å². The van der Waals surface area contributed by atoms with Crippen LogP contribution in [0.4, 0.5) is 5.69 Å². The smallest absolute Gasteiger partial charge is 0.0595 e. The highest BCUT2D eigenvalue weighted by Gasteiger charge is 2.18. The van der Waals surface area contributed by atoms with Gasteiger partial charge in [-0.1, -0.05) is 17.7 Å². The zero-order chi connectivity index (χ0) is 13.0. The third kappa shape index (κ3) is 3.59. The number of halogens is 1. The Morgan fingerprint density at radius 3 is 2.61 bits per heavy atom. The summed E-state index contributed by atoms with van der Waals surface area (Å²) in [4.78, 5) is 4.62. The second-order valence-corrected chi connectivity index (χ2v) is 5.15. The van der Waals surface area contributed by atoms with E-state index in [-0.39, 0.29) is 12.6 Å². The third-order valence-electron chi connectivity index (χ3n) is 3.27. The Morgan fingerprint density at radius 2 is 2.00 bits per heavy atom. The van der Waals surface area contributed by atoms with E-state index in [0.717, 1.165) is 37.7 Å². The molecule has 1 heterocycles. The van der Waals surface area contributed by atoms with Gasteiger partial charge in [0.15, 0.2) is 0 Å². The number of nitrogens with zero attached hydrogens (tertiary/aromatic N) is 2. The first kappa shape index (κ1) is 13.6. The zero-order valence-electron chi connectivity index (χ0n) is 10.4. The highest BCUT2D eigenvalue weighted by Crippen LogP contribution is 2.20. The van der Waals surface area contributed by atoms with Crippen LogP contribution < -0.4 is 10.6 Å². The van der Waals surface area contributed by atoms with E-state index < -0.39 is 0 Å². The molecule has 1 aromatic rings. The minimum Gasteiger partial charge on any atom is -0.395 e. The van der Waals surface area contributed by atoms with Crippen molar-refractivity contribution >= 4 is 17.3 Å². The summed E-state index contributed by atoms with van der Waals surface area (Å²) in [6.45, 7) is 4.70. The summed E-state index contributed by atoms with van der Waals surface area (Å²) in [5.74, 6) is 0. The van der Waals surface area contributed by atoms with Gasteiger partial charge in [-0.3, -0.25) is 4.90 Å². The van der Waals surface area contributed by atoms with E-state index in [1.54, 1.807) is 0 Å². The fourth-order valence-electron chi connectivity index (χ4n) is 2.25. The van der Waals surface area contributed by atoms with Crippen molar-refractivity contribution in [3.8, 4) is 0 Å². The number of benzene rings is 1. The van der Waals surface area contributed by atoms with Gasteiger partial charge in [-0.05, 0) is 18.2 Å². The van der Waals surface area contributed by atoms with Gasteiger partial charge in [0.1, 0.15) is 0 Å². The van der Waals surface area contributed by atoms with E-state index >= 15 is 0 Å². The van der Waals surface area contributed by atoms with E-state index in [2.05, 4.69) is 15.9 Å². The van der Waals surface area contributed by atoms with Crippen LogP contribution in [0.5, 0.6) is 0 Å². The zero-order valence-corrected chi connectivity index (χ0v) is 11.2. The average molecular weight is 270 g/mol. The SMILES string of the molecule is NC(CO)CN1CCN(c2cccc(Cl)c2)CC1. The summed E-state index contributed by atoms with van der Waals surface area (Å²) < 4.78 is 0. The fraction of sp³-hybridized carbons (Fsp3) is 0.538. The molecule has 0 radical (unpaired) electrons. The molecule has 1 fully saturated rings. The van der Waals surface area contributed by atoms with Gasteiger partial charge < -0.3 is 15.7 Å². The van der Waals surface area contributed by atoms with E-state index in [1.807, 2.05) is 18.2 Å². The van der Waals surface area contributed by atoms with Crippen LogP contribution >= 0.6 is 11.6 Å². The maximum absolute atomic E-state index is 8.95. The van der Waals surface area contributed by atoms with Crippen LogP contribution in [0.2, 0.25) is 5.02 Å². The molecule has 1 aromatic carbocycles. The molecule has 0 bridgehead atoms. The predicted molar refractivity (Wildman–Crippen MR) is 75.2 cm³/mol. The lowest BCUT2D eigenvalue weighted by Gasteiger charge is -2.37. The maximum Gasteiger partial charge on any atom is 0.0595 e. The van der Waals surface area contributed by atoms with Crippen molar-refractivity contribution in [2.75, 3.05) is 44.2 Å². The molecule has 1 aliphatic rings. The molecule has 18 heavy (non-hydrogen) atoms. The maximum atomic E-state index is 8.95. The third-order valence-corrected chi connectivity index (χ3v) is 3.51. The predicted octanol–water partition coefficient (Wildman–Crippen LogP) is 0.782. The molecular weight excluding hydrogens is 250 g/mol. The van der Waals surface area contributed by atoms with Crippen LogP contribution in [0.3, 0.4) is 0 Å². The summed E-state index contributed by atoms with van der Waals surface area (Å²) in [6.07, 6.45) is 0. The van der Waals surface area contributed by atoms with Gasteiger partial charge in [0.05, 0.1) is 6.61 Å². The highest BCUT2D eigenvalue weighted by atomic mass is 35.5. The average Bonchev–Trinajstić information content (AvgIpc) is 2.39. The number of aliphatic hydroxyl groups is 1. The molecule has 3 N–H and O–H groups in total. The molecule has 0 aromatic heterocycles. The summed E-state index contributed by atoms with van der Waals surface area (Å²) in [6, 6.07) is 7.81. The van der Waals surface area contributed by atoms with Crippen molar-refractivity contribution in [2.45, 2.75) is 6.04 Å². The number of piperazine rings is 1. The van der Waals surface area contributed by atoms with Crippen LogP contribution in [0.1, 0.15) is 0 Å². The molecule has 1 aliphatic heterocycles. The Kier molecular flexibility index (Phi) is 4.83. The molecular formula is C13H20ClN3O. The normalized spacial score (nSPS) is 18.9. The summed E-state index contributed by atoms with van der Waals surface area (Å²) >= 11 is 6.00. The number of hydrogen-bond acceptors (Lipinski definition) is 4. The van der Waals surface area contributed by atoms with Crippen molar-refractivity contribution in [3.05, 3.63) is 29.3 Å².